The molecule has 1 atom stereocenters. The second kappa shape index (κ2) is 9.77. The Balaban J connectivity index is 0.00000220. The molecular formula is C16H25ClN2O2. The molecule has 1 aromatic rings. The molecule has 4 nitrogen and oxygen atoms in total. The van der Waals surface area contributed by atoms with Gasteiger partial charge in [0.15, 0.2) is 0 Å². The van der Waals surface area contributed by atoms with Gasteiger partial charge in [-0.05, 0) is 31.4 Å². The van der Waals surface area contributed by atoms with Crippen LogP contribution in [0.1, 0.15) is 24.8 Å². The van der Waals surface area contributed by atoms with E-state index in [-0.39, 0.29) is 24.2 Å². The third kappa shape index (κ3) is 5.65. The Labute approximate surface area is 133 Å². The van der Waals surface area contributed by atoms with E-state index in [2.05, 4.69) is 12.1 Å². The molecule has 1 heterocycles. The highest BCUT2D eigenvalue weighted by Gasteiger charge is 2.26. The molecular weight excluding hydrogens is 288 g/mol. The van der Waals surface area contributed by atoms with Gasteiger partial charge in [0.05, 0.1) is 12.5 Å². The Kier molecular flexibility index (Phi) is 8.35. The van der Waals surface area contributed by atoms with Gasteiger partial charge in [0.25, 0.3) is 0 Å². The molecule has 1 aromatic carbocycles. The zero-order valence-electron chi connectivity index (χ0n) is 12.4. The molecule has 1 amide bonds. The first-order valence-electron chi connectivity index (χ1n) is 7.42. The second-order valence-corrected chi connectivity index (χ2v) is 5.30. The minimum Gasteiger partial charge on any atom is -0.381 e. The van der Waals surface area contributed by atoms with Crippen molar-refractivity contribution in [2.75, 3.05) is 26.3 Å². The average molecular weight is 313 g/mol. The maximum atomic E-state index is 12.6. The number of carbonyl (C=O) groups excluding carboxylic acids is 1. The van der Waals surface area contributed by atoms with Crippen molar-refractivity contribution in [2.45, 2.75) is 25.8 Å². The molecule has 1 fully saturated rings. The fraction of sp³-hybridized carbons (Fsp3) is 0.562. The third-order valence-electron chi connectivity index (χ3n) is 3.67. The van der Waals surface area contributed by atoms with Crippen molar-refractivity contribution in [1.82, 2.24) is 4.90 Å². The van der Waals surface area contributed by atoms with Gasteiger partial charge in [0.2, 0.25) is 5.91 Å². The molecule has 1 unspecified atom stereocenters. The minimum absolute atomic E-state index is 0. The van der Waals surface area contributed by atoms with Crippen LogP contribution >= 0.6 is 12.4 Å². The van der Waals surface area contributed by atoms with Gasteiger partial charge >= 0.3 is 0 Å². The van der Waals surface area contributed by atoms with Crippen molar-refractivity contribution in [3.05, 3.63) is 35.9 Å². The third-order valence-corrected chi connectivity index (χ3v) is 3.67. The summed E-state index contributed by atoms with van der Waals surface area (Å²) in [6.07, 6.45) is 2.76. The van der Waals surface area contributed by atoms with E-state index < -0.39 is 0 Å². The van der Waals surface area contributed by atoms with Crippen LogP contribution in [0, 0.1) is 5.92 Å². The number of hydrogen-bond acceptors (Lipinski definition) is 3. The van der Waals surface area contributed by atoms with Crippen molar-refractivity contribution >= 4 is 18.3 Å². The summed E-state index contributed by atoms with van der Waals surface area (Å²) in [4.78, 5) is 14.5. The van der Waals surface area contributed by atoms with Crippen LogP contribution in [0.5, 0.6) is 0 Å². The van der Waals surface area contributed by atoms with Gasteiger partial charge in [0.1, 0.15) is 0 Å². The predicted octanol–water partition coefficient (Wildman–Crippen LogP) is 2.21. The van der Waals surface area contributed by atoms with Crippen LogP contribution in [0.3, 0.4) is 0 Å². The van der Waals surface area contributed by atoms with Gasteiger partial charge in [0, 0.05) is 19.7 Å². The minimum atomic E-state index is 0. The highest BCUT2D eigenvalue weighted by Crippen LogP contribution is 2.18. The SMILES string of the molecule is Cl.NCCCN(Cc1ccccc1)C(=O)C1CCCOC1. The quantitative estimate of drug-likeness (QED) is 0.876. The normalized spacial score (nSPS) is 17.9. The van der Waals surface area contributed by atoms with Gasteiger partial charge in [-0.3, -0.25) is 4.79 Å². The van der Waals surface area contributed by atoms with E-state index in [1.165, 1.54) is 0 Å². The Morgan fingerprint density at radius 2 is 2.10 bits per heavy atom. The number of amides is 1. The van der Waals surface area contributed by atoms with Crippen molar-refractivity contribution in [3.8, 4) is 0 Å². The fourth-order valence-electron chi connectivity index (χ4n) is 2.55. The Bertz CT molecular complexity index is 408. The number of nitrogens with two attached hydrogens (primary N) is 1. The van der Waals surface area contributed by atoms with E-state index in [9.17, 15) is 4.79 Å². The van der Waals surface area contributed by atoms with Crippen LogP contribution in [0.15, 0.2) is 30.3 Å². The molecule has 1 aliphatic rings. The number of ether oxygens (including phenoxy) is 1. The first kappa shape index (κ1) is 18.0. The summed E-state index contributed by atoms with van der Waals surface area (Å²) in [5.74, 6) is 0.229. The molecule has 2 rings (SSSR count). The van der Waals surface area contributed by atoms with Crippen molar-refractivity contribution < 1.29 is 9.53 Å². The van der Waals surface area contributed by atoms with E-state index in [1.54, 1.807) is 0 Å². The topological polar surface area (TPSA) is 55.6 Å². The van der Waals surface area contributed by atoms with E-state index in [4.69, 9.17) is 10.5 Å². The molecule has 2 N–H and O–H groups in total. The largest absolute Gasteiger partial charge is 0.381 e. The van der Waals surface area contributed by atoms with Gasteiger partial charge < -0.3 is 15.4 Å². The Hall–Kier alpha value is -1.10. The molecule has 0 spiro atoms. The number of nitrogens with zero attached hydrogens (tertiary/aromatic N) is 1. The molecule has 21 heavy (non-hydrogen) atoms. The lowest BCUT2D eigenvalue weighted by molar-refractivity contribution is -0.140. The summed E-state index contributed by atoms with van der Waals surface area (Å²) < 4.78 is 5.44. The second-order valence-electron chi connectivity index (χ2n) is 5.30. The molecule has 0 aliphatic carbocycles. The van der Waals surface area contributed by atoms with Crippen molar-refractivity contribution in [3.63, 3.8) is 0 Å². The number of rotatable bonds is 6. The summed E-state index contributed by atoms with van der Waals surface area (Å²) in [6.45, 7) is 3.34. The Morgan fingerprint density at radius 1 is 1.33 bits per heavy atom. The molecule has 0 radical (unpaired) electrons. The summed E-state index contributed by atoms with van der Waals surface area (Å²) in [5.41, 5.74) is 6.75. The lowest BCUT2D eigenvalue weighted by Crippen LogP contribution is -2.40. The molecule has 5 heteroatoms. The van der Waals surface area contributed by atoms with Gasteiger partial charge in [-0.1, -0.05) is 30.3 Å². The van der Waals surface area contributed by atoms with Gasteiger partial charge in [-0.15, -0.1) is 12.4 Å². The maximum absolute atomic E-state index is 12.6. The number of hydrogen-bond donors (Lipinski definition) is 1. The zero-order chi connectivity index (χ0) is 14.2. The average Bonchev–Trinajstić information content (AvgIpc) is 2.52. The predicted molar refractivity (Wildman–Crippen MR) is 86.3 cm³/mol. The molecule has 118 valence electrons. The first-order chi connectivity index (χ1) is 9.81. The molecule has 1 aliphatic heterocycles. The smallest absolute Gasteiger partial charge is 0.228 e. The Morgan fingerprint density at radius 3 is 2.71 bits per heavy atom. The van der Waals surface area contributed by atoms with E-state index in [1.807, 2.05) is 23.1 Å². The highest BCUT2D eigenvalue weighted by atomic mass is 35.5. The highest BCUT2D eigenvalue weighted by molar-refractivity contribution is 5.85. The summed E-state index contributed by atoms with van der Waals surface area (Å²) in [7, 11) is 0. The molecule has 0 aromatic heterocycles. The van der Waals surface area contributed by atoms with Gasteiger partial charge in [-0.2, -0.15) is 0 Å². The maximum Gasteiger partial charge on any atom is 0.228 e. The van der Waals surface area contributed by atoms with Crippen LogP contribution in [-0.2, 0) is 16.1 Å². The van der Waals surface area contributed by atoms with E-state index >= 15 is 0 Å². The monoisotopic (exact) mass is 312 g/mol. The molecule has 0 saturated carbocycles. The standard InChI is InChI=1S/C16H24N2O2.ClH/c17-9-5-10-18(12-14-6-2-1-3-7-14)16(19)15-8-4-11-20-13-15;/h1-3,6-7,15H,4-5,8-13,17H2;1H. The lowest BCUT2D eigenvalue weighted by atomic mass is 10.00. The van der Waals surface area contributed by atoms with Crippen LogP contribution in [0.2, 0.25) is 0 Å². The van der Waals surface area contributed by atoms with Crippen LogP contribution < -0.4 is 5.73 Å². The summed E-state index contributed by atoms with van der Waals surface area (Å²) in [5, 5.41) is 0. The van der Waals surface area contributed by atoms with Crippen LogP contribution in [-0.4, -0.2) is 37.1 Å². The molecule has 1 saturated heterocycles. The summed E-state index contributed by atoms with van der Waals surface area (Å²) >= 11 is 0. The number of benzene rings is 1. The zero-order valence-corrected chi connectivity index (χ0v) is 13.2. The van der Waals surface area contributed by atoms with Crippen LogP contribution in [0.4, 0.5) is 0 Å². The molecule has 0 bridgehead atoms. The first-order valence-corrected chi connectivity index (χ1v) is 7.42. The van der Waals surface area contributed by atoms with E-state index in [0.717, 1.165) is 38.0 Å². The van der Waals surface area contributed by atoms with Crippen molar-refractivity contribution in [2.24, 2.45) is 11.7 Å². The van der Waals surface area contributed by atoms with E-state index in [0.29, 0.717) is 19.7 Å². The fourth-order valence-corrected chi connectivity index (χ4v) is 2.55. The van der Waals surface area contributed by atoms with Crippen molar-refractivity contribution in [1.29, 1.82) is 0 Å². The number of carbonyl (C=O) groups is 1. The lowest BCUT2D eigenvalue weighted by Gasteiger charge is -2.29. The van der Waals surface area contributed by atoms with Gasteiger partial charge in [-0.25, -0.2) is 0 Å². The summed E-state index contributed by atoms with van der Waals surface area (Å²) in [6, 6.07) is 10.1. The number of halogens is 1. The van der Waals surface area contributed by atoms with Crippen LogP contribution in [0.25, 0.3) is 0 Å².